The molecule has 3 rings (SSSR count). The lowest BCUT2D eigenvalue weighted by atomic mass is 9.87. The Kier molecular flexibility index (Phi) is 4.71. The van der Waals surface area contributed by atoms with E-state index in [9.17, 15) is 13.2 Å². The second-order valence-corrected chi connectivity index (χ2v) is 8.90. The number of carbonyl (C=O) groups is 1. The molecule has 132 valence electrons. The average Bonchev–Trinajstić information content (AvgIpc) is 3.24. The number of amides is 1. The Labute approximate surface area is 144 Å². The summed E-state index contributed by atoms with van der Waals surface area (Å²) in [5, 5.41) is 0. The summed E-state index contributed by atoms with van der Waals surface area (Å²) in [5.41, 5.74) is 3.07. The first-order valence-electron chi connectivity index (χ1n) is 8.71. The molecule has 1 fully saturated rings. The lowest BCUT2D eigenvalue weighted by Crippen LogP contribution is -2.33. The summed E-state index contributed by atoms with van der Waals surface area (Å²) < 4.78 is 26.0. The van der Waals surface area contributed by atoms with Crippen LogP contribution in [0.25, 0.3) is 0 Å². The number of nitrogens with one attached hydrogen (secondary N) is 1. The van der Waals surface area contributed by atoms with E-state index in [1.807, 2.05) is 30.0 Å². The van der Waals surface area contributed by atoms with Crippen LogP contribution in [0.3, 0.4) is 0 Å². The SMILES string of the molecule is CCN(C(=O)C1CC1C)c1ccc2c(c1)C(NS(C)(=O)=O)CCC2. The van der Waals surface area contributed by atoms with E-state index < -0.39 is 10.0 Å². The van der Waals surface area contributed by atoms with Gasteiger partial charge in [-0.25, -0.2) is 13.1 Å². The zero-order chi connectivity index (χ0) is 17.5. The van der Waals surface area contributed by atoms with Gasteiger partial charge in [0.15, 0.2) is 0 Å². The fourth-order valence-corrected chi connectivity index (χ4v) is 4.43. The molecule has 2 aliphatic carbocycles. The van der Waals surface area contributed by atoms with Gasteiger partial charge in [-0.05, 0) is 61.8 Å². The highest BCUT2D eigenvalue weighted by atomic mass is 32.2. The number of carbonyl (C=O) groups excluding carboxylic acids is 1. The molecule has 3 atom stereocenters. The predicted octanol–water partition coefficient (Wildman–Crippen LogP) is 2.62. The molecule has 1 aromatic rings. The van der Waals surface area contributed by atoms with Gasteiger partial charge in [-0.2, -0.15) is 0 Å². The standard InChI is InChI=1S/C18H26N2O3S/c1-4-20(18(21)15-10-12(15)2)14-9-8-13-6-5-7-17(16(13)11-14)19-24(3,22)23/h8-9,11-12,15,17,19H,4-7,10H2,1-3H3. The first-order valence-corrected chi connectivity index (χ1v) is 10.6. The quantitative estimate of drug-likeness (QED) is 0.888. The molecule has 0 spiro atoms. The molecule has 1 N–H and O–H groups in total. The summed E-state index contributed by atoms with van der Waals surface area (Å²) in [5.74, 6) is 0.808. The highest BCUT2D eigenvalue weighted by Crippen LogP contribution is 2.40. The van der Waals surface area contributed by atoms with E-state index in [2.05, 4.69) is 11.6 Å². The third-order valence-electron chi connectivity index (χ3n) is 5.12. The van der Waals surface area contributed by atoms with Crippen LogP contribution in [-0.4, -0.2) is 27.1 Å². The van der Waals surface area contributed by atoms with E-state index in [1.54, 1.807) is 0 Å². The van der Waals surface area contributed by atoms with Crippen molar-refractivity contribution in [3.05, 3.63) is 29.3 Å². The molecule has 0 aromatic heterocycles. The molecule has 1 aromatic carbocycles. The average molecular weight is 350 g/mol. The summed E-state index contributed by atoms with van der Waals surface area (Å²) in [6, 6.07) is 5.85. The number of hydrogen-bond donors (Lipinski definition) is 1. The van der Waals surface area contributed by atoms with Crippen LogP contribution in [-0.2, 0) is 21.2 Å². The number of sulfonamides is 1. The van der Waals surface area contributed by atoms with Crippen molar-refractivity contribution in [3.8, 4) is 0 Å². The topological polar surface area (TPSA) is 66.5 Å². The maximum Gasteiger partial charge on any atom is 0.230 e. The van der Waals surface area contributed by atoms with Gasteiger partial charge in [-0.3, -0.25) is 4.79 Å². The zero-order valence-electron chi connectivity index (χ0n) is 14.6. The first kappa shape index (κ1) is 17.4. The molecule has 2 aliphatic rings. The Morgan fingerprint density at radius 3 is 2.67 bits per heavy atom. The largest absolute Gasteiger partial charge is 0.312 e. The number of fused-ring (bicyclic) bond motifs is 1. The zero-order valence-corrected chi connectivity index (χ0v) is 15.4. The molecular weight excluding hydrogens is 324 g/mol. The fourth-order valence-electron chi connectivity index (χ4n) is 3.67. The number of rotatable bonds is 5. The van der Waals surface area contributed by atoms with Gasteiger partial charge in [0.05, 0.1) is 6.26 Å². The molecule has 0 saturated heterocycles. The smallest absolute Gasteiger partial charge is 0.230 e. The maximum absolute atomic E-state index is 12.6. The Bertz CT molecular complexity index is 745. The van der Waals surface area contributed by atoms with Gasteiger partial charge in [-0.15, -0.1) is 0 Å². The summed E-state index contributed by atoms with van der Waals surface area (Å²) in [6.45, 7) is 4.72. The van der Waals surface area contributed by atoms with Crippen molar-refractivity contribution in [2.45, 2.75) is 45.6 Å². The van der Waals surface area contributed by atoms with Crippen molar-refractivity contribution in [2.75, 3.05) is 17.7 Å². The fraction of sp³-hybridized carbons (Fsp3) is 0.611. The molecule has 24 heavy (non-hydrogen) atoms. The van der Waals surface area contributed by atoms with E-state index in [4.69, 9.17) is 0 Å². The van der Waals surface area contributed by atoms with E-state index in [-0.39, 0.29) is 17.9 Å². The third kappa shape index (κ3) is 3.64. The van der Waals surface area contributed by atoms with Crippen molar-refractivity contribution >= 4 is 21.6 Å². The Morgan fingerprint density at radius 2 is 2.08 bits per heavy atom. The molecule has 0 radical (unpaired) electrons. The number of aryl methyl sites for hydroxylation is 1. The molecule has 0 bridgehead atoms. The van der Waals surface area contributed by atoms with Crippen LogP contribution < -0.4 is 9.62 Å². The summed E-state index contributed by atoms with van der Waals surface area (Å²) in [4.78, 5) is 14.5. The van der Waals surface area contributed by atoms with Gasteiger partial charge in [-0.1, -0.05) is 13.0 Å². The third-order valence-corrected chi connectivity index (χ3v) is 5.83. The van der Waals surface area contributed by atoms with Gasteiger partial charge in [0.25, 0.3) is 0 Å². The molecule has 0 heterocycles. The normalized spacial score (nSPS) is 25.9. The molecule has 5 nitrogen and oxygen atoms in total. The van der Waals surface area contributed by atoms with Crippen molar-refractivity contribution in [2.24, 2.45) is 11.8 Å². The lowest BCUT2D eigenvalue weighted by Gasteiger charge is -2.29. The van der Waals surface area contributed by atoms with E-state index in [0.29, 0.717) is 12.5 Å². The Balaban J connectivity index is 1.90. The van der Waals surface area contributed by atoms with Gasteiger partial charge in [0, 0.05) is 24.2 Å². The second-order valence-electron chi connectivity index (χ2n) is 7.12. The van der Waals surface area contributed by atoms with Gasteiger partial charge in [0.1, 0.15) is 0 Å². The highest BCUT2D eigenvalue weighted by Gasteiger charge is 2.41. The number of nitrogens with zero attached hydrogens (tertiary/aromatic N) is 1. The van der Waals surface area contributed by atoms with Crippen LogP contribution in [0.2, 0.25) is 0 Å². The Hall–Kier alpha value is -1.40. The Morgan fingerprint density at radius 1 is 1.38 bits per heavy atom. The van der Waals surface area contributed by atoms with Crippen molar-refractivity contribution < 1.29 is 13.2 Å². The van der Waals surface area contributed by atoms with Crippen molar-refractivity contribution in [1.29, 1.82) is 0 Å². The molecule has 1 saturated carbocycles. The van der Waals surface area contributed by atoms with Crippen LogP contribution in [0.5, 0.6) is 0 Å². The number of anilines is 1. The van der Waals surface area contributed by atoms with Gasteiger partial charge < -0.3 is 4.90 Å². The molecule has 1 amide bonds. The summed E-state index contributed by atoms with van der Waals surface area (Å²) in [7, 11) is -3.26. The minimum Gasteiger partial charge on any atom is -0.312 e. The van der Waals surface area contributed by atoms with E-state index >= 15 is 0 Å². The number of hydrogen-bond acceptors (Lipinski definition) is 3. The van der Waals surface area contributed by atoms with Gasteiger partial charge in [0.2, 0.25) is 15.9 Å². The second kappa shape index (κ2) is 6.48. The van der Waals surface area contributed by atoms with Gasteiger partial charge >= 0.3 is 0 Å². The van der Waals surface area contributed by atoms with Crippen LogP contribution in [0.15, 0.2) is 18.2 Å². The van der Waals surface area contributed by atoms with Crippen molar-refractivity contribution in [1.82, 2.24) is 4.72 Å². The molecule has 6 heteroatoms. The molecular formula is C18H26N2O3S. The molecule has 0 aliphatic heterocycles. The first-order chi connectivity index (χ1) is 11.3. The minimum atomic E-state index is -3.26. The van der Waals surface area contributed by atoms with Crippen molar-refractivity contribution in [3.63, 3.8) is 0 Å². The van der Waals surface area contributed by atoms with Crippen LogP contribution >= 0.6 is 0 Å². The number of benzene rings is 1. The van der Waals surface area contributed by atoms with Crippen LogP contribution in [0, 0.1) is 11.8 Å². The monoisotopic (exact) mass is 350 g/mol. The molecule has 3 unspecified atom stereocenters. The van der Waals surface area contributed by atoms with Crippen LogP contribution in [0.1, 0.15) is 50.3 Å². The lowest BCUT2D eigenvalue weighted by molar-refractivity contribution is -0.120. The van der Waals surface area contributed by atoms with E-state index in [0.717, 1.165) is 36.9 Å². The summed E-state index contributed by atoms with van der Waals surface area (Å²) in [6.07, 6.45) is 4.89. The van der Waals surface area contributed by atoms with Crippen LogP contribution in [0.4, 0.5) is 5.69 Å². The minimum absolute atomic E-state index is 0.144. The predicted molar refractivity (Wildman–Crippen MR) is 95.4 cm³/mol. The summed E-state index contributed by atoms with van der Waals surface area (Å²) >= 11 is 0. The maximum atomic E-state index is 12.6. The highest BCUT2D eigenvalue weighted by molar-refractivity contribution is 7.88. The van der Waals surface area contributed by atoms with E-state index in [1.165, 1.54) is 11.8 Å².